The molecule has 26 heavy (non-hydrogen) atoms. The van der Waals surface area contributed by atoms with Crippen LogP contribution < -0.4 is 10.6 Å². The molecule has 136 valence electrons. The first-order valence-corrected chi connectivity index (χ1v) is 9.53. The van der Waals surface area contributed by atoms with Crippen molar-refractivity contribution in [2.45, 2.75) is 38.1 Å². The lowest BCUT2D eigenvalue weighted by molar-refractivity contribution is 0.462. The molecule has 0 radical (unpaired) electrons. The third-order valence-corrected chi connectivity index (χ3v) is 5.06. The molecule has 8 heteroatoms. The highest BCUT2D eigenvalue weighted by Gasteiger charge is 2.18. The number of rotatable bonds is 4. The predicted molar refractivity (Wildman–Crippen MR) is 107 cm³/mol. The van der Waals surface area contributed by atoms with Gasteiger partial charge in [-0.15, -0.1) is 0 Å². The number of hydrogen-bond donors (Lipinski definition) is 2. The number of anilines is 3. The maximum Gasteiger partial charge on any atom is 0.231 e. The van der Waals surface area contributed by atoms with Crippen LogP contribution in [0.1, 0.15) is 32.1 Å². The zero-order chi connectivity index (χ0) is 18.1. The van der Waals surface area contributed by atoms with Gasteiger partial charge in [-0.2, -0.15) is 9.97 Å². The largest absolute Gasteiger partial charge is 0.365 e. The van der Waals surface area contributed by atoms with Crippen LogP contribution in [-0.2, 0) is 7.05 Å². The van der Waals surface area contributed by atoms with Crippen LogP contribution in [0.4, 0.5) is 17.5 Å². The molecule has 1 aromatic carbocycles. The molecule has 0 saturated heterocycles. The number of nitrogens with zero attached hydrogens (tertiary/aromatic N) is 4. The molecular weight excluding hydrogens is 371 g/mol. The minimum Gasteiger partial charge on any atom is -0.365 e. The summed E-state index contributed by atoms with van der Waals surface area (Å²) in [4.78, 5) is 13.7. The van der Waals surface area contributed by atoms with Crippen molar-refractivity contribution >= 4 is 51.8 Å². The van der Waals surface area contributed by atoms with E-state index in [1.807, 2.05) is 11.6 Å². The van der Waals surface area contributed by atoms with E-state index in [1.165, 1.54) is 19.3 Å². The normalized spacial score (nSPS) is 15.3. The summed E-state index contributed by atoms with van der Waals surface area (Å²) in [7, 11) is 1.92. The molecule has 0 spiro atoms. The van der Waals surface area contributed by atoms with Crippen LogP contribution in [0.25, 0.3) is 11.2 Å². The Morgan fingerprint density at radius 3 is 2.50 bits per heavy atom. The Bertz CT molecular complexity index is 913. The van der Waals surface area contributed by atoms with E-state index >= 15 is 0 Å². The Morgan fingerprint density at radius 2 is 1.77 bits per heavy atom. The van der Waals surface area contributed by atoms with E-state index in [0.29, 0.717) is 22.0 Å². The Hall–Kier alpha value is -2.05. The van der Waals surface area contributed by atoms with E-state index in [1.54, 1.807) is 24.5 Å². The zero-order valence-electron chi connectivity index (χ0n) is 14.5. The van der Waals surface area contributed by atoms with Crippen LogP contribution in [-0.4, -0.2) is 25.6 Å². The fraction of sp³-hybridized carbons (Fsp3) is 0.389. The lowest BCUT2D eigenvalue weighted by Gasteiger charge is -2.23. The van der Waals surface area contributed by atoms with Crippen LogP contribution in [0.2, 0.25) is 10.0 Å². The summed E-state index contributed by atoms with van der Waals surface area (Å²) in [6.07, 6.45) is 7.88. The summed E-state index contributed by atoms with van der Waals surface area (Å²) in [6, 6.07) is 5.70. The number of aromatic nitrogens is 4. The monoisotopic (exact) mass is 390 g/mol. The van der Waals surface area contributed by atoms with E-state index in [0.717, 1.165) is 35.5 Å². The van der Waals surface area contributed by atoms with Gasteiger partial charge in [0.25, 0.3) is 0 Å². The van der Waals surface area contributed by atoms with Gasteiger partial charge in [-0.25, -0.2) is 4.98 Å². The zero-order valence-corrected chi connectivity index (χ0v) is 16.0. The molecule has 2 heterocycles. The van der Waals surface area contributed by atoms with Gasteiger partial charge in [0.15, 0.2) is 17.0 Å². The predicted octanol–water partition coefficient (Wildman–Crippen LogP) is 5.16. The van der Waals surface area contributed by atoms with E-state index in [2.05, 4.69) is 25.6 Å². The van der Waals surface area contributed by atoms with Gasteiger partial charge in [-0.3, -0.25) is 0 Å². The van der Waals surface area contributed by atoms with E-state index < -0.39 is 0 Å². The van der Waals surface area contributed by atoms with Crippen LogP contribution in [0.3, 0.4) is 0 Å². The first-order chi connectivity index (χ1) is 12.6. The number of fused-ring (bicyclic) bond motifs is 1. The van der Waals surface area contributed by atoms with Crippen molar-refractivity contribution in [3.8, 4) is 0 Å². The smallest absolute Gasteiger partial charge is 0.231 e. The lowest BCUT2D eigenvalue weighted by Crippen LogP contribution is -2.23. The second-order valence-corrected chi connectivity index (χ2v) is 7.56. The van der Waals surface area contributed by atoms with Crippen LogP contribution >= 0.6 is 23.2 Å². The first kappa shape index (κ1) is 17.4. The topological polar surface area (TPSA) is 67.7 Å². The quantitative estimate of drug-likeness (QED) is 0.643. The van der Waals surface area contributed by atoms with E-state index in [9.17, 15) is 0 Å². The molecule has 1 aliphatic rings. The SMILES string of the molecule is Cn1cnc2c(NC3CCCCC3)nc(Nc3cc(Cl)cc(Cl)c3)nc21. The standard InChI is InChI=1S/C18H20Cl2N6/c1-26-10-21-15-16(22-13-5-3-2-4-6-13)24-18(25-17(15)26)23-14-8-11(19)7-12(20)9-14/h7-10,13H,2-6H2,1H3,(H2,22,23,24,25). The van der Waals surface area contributed by atoms with Crippen molar-refractivity contribution in [1.29, 1.82) is 0 Å². The van der Waals surface area contributed by atoms with Crippen molar-refractivity contribution in [2.24, 2.45) is 7.05 Å². The molecule has 0 amide bonds. The number of benzene rings is 1. The highest BCUT2D eigenvalue weighted by atomic mass is 35.5. The Balaban J connectivity index is 1.69. The van der Waals surface area contributed by atoms with Crippen molar-refractivity contribution in [3.05, 3.63) is 34.6 Å². The molecule has 1 fully saturated rings. The Morgan fingerprint density at radius 1 is 1.04 bits per heavy atom. The molecule has 2 aromatic heterocycles. The van der Waals surface area contributed by atoms with Crippen molar-refractivity contribution in [2.75, 3.05) is 10.6 Å². The fourth-order valence-corrected chi connectivity index (χ4v) is 3.88. The van der Waals surface area contributed by atoms with Crippen molar-refractivity contribution in [1.82, 2.24) is 19.5 Å². The number of imidazole rings is 1. The number of aryl methyl sites for hydroxylation is 1. The van der Waals surface area contributed by atoms with E-state index in [4.69, 9.17) is 23.2 Å². The highest BCUT2D eigenvalue weighted by Crippen LogP contribution is 2.28. The molecule has 2 N–H and O–H groups in total. The number of nitrogens with one attached hydrogen (secondary N) is 2. The summed E-state index contributed by atoms with van der Waals surface area (Å²) in [5.74, 6) is 1.25. The molecule has 0 unspecified atom stereocenters. The van der Waals surface area contributed by atoms with Gasteiger partial charge in [0, 0.05) is 28.8 Å². The average molecular weight is 391 g/mol. The molecule has 0 aliphatic heterocycles. The van der Waals surface area contributed by atoms with Crippen LogP contribution in [0.5, 0.6) is 0 Å². The lowest BCUT2D eigenvalue weighted by atomic mass is 9.95. The summed E-state index contributed by atoms with van der Waals surface area (Å²) < 4.78 is 1.89. The number of halogens is 2. The third-order valence-electron chi connectivity index (χ3n) is 4.62. The van der Waals surface area contributed by atoms with Crippen LogP contribution in [0.15, 0.2) is 24.5 Å². The molecule has 0 atom stereocenters. The third kappa shape index (κ3) is 3.71. The molecule has 3 aromatic rings. The van der Waals surface area contributed by atoms with Gasteiger partial charge in [-0.1, -0.05) is 42.5 Å². The summed E-state index contributed by atoms with van der Waals surface area (Å²) in [6.45, 7) is 0. The van der Waals surface area contributed by atoms with Crippen molar-refractivity contribution in [3.63, 3.8) is 0 Å². The first-order valence-electron chi connectivity index (χ1n) is 8.77. The van der Waals surface area contributed by atoms with Gasteiger partial charge in [0.1, 0.15) is 0 Å². The van der Waals surface area contributed by atoms with Gasteiger partial charge in [-0.05, 0) is 31.0 Å². The van der Waals surface area contributed by atoms with Crippen molar-refractivity contribution < 1.29 is 0 Å². The van der Waals surface area contributed by atoms with Gasteiger partial charge < -0.3 is 15.2 Å². The Kier molecular flexibility index (Phi) is 4.87. The second kappa shape index (κ2) is 7.29. The molecular formula is C18H20Cl2N6. The molecule has 4 rings (SSSR count). The van der Waals surface area contributed by atoms with Gasteiger partial charge in [0.2, 0.25) is 5.95 Å². The molecule has 0 bridgehead atoms. The summed E-state index contributed by atoms with van der Waals surface area (Å²) in [5.41, 5.74) is 2.30. The maximum atomic E-state index is 6.09. The second-order valence-electron chi connectivity index (χ2n) is 6.69. The summed E-state index contributed by atoms with van der Waals surface area (Å²) in [5, 5.41) is 7.88. The minimum absolute atomic E-state index is 0.428. The fourth-order valence-electron chi connectivity index (χ4n) is 3.36. The van der Waals surface area contributed by atoms with Gasteiger partial charge >= 0.3 is 0 Å². The number of hydrogen-bond acceptors (Lipinski definition) is 5. The molecule has 1 saturated carbocycles. The van der Waals surface area contributed by atoms with Gasteiger partial charge in [0.05, 0.1) is 6.33 Å². The average Bonchev–Trinajstić information content (AvgIpc) is 2.96. The summed E-state index contributed by atoms with van der Waals surface area (Å²) >= 11 is 12.2. The maximum absolute atomic E-state index is 6.09. The molecule has 1 aliphatic carbocycles. The minimum atomic E-state index is 0.428. The molecule has 6 nitrogen and oxygen atoms in total. The Labute approximate surface area is 162 Å². The van der Waals surface area contributed by atoms with Crippen LogP contribution in [0, 0.1) is 0 Å². The highest BCUT2D eigenvalue weighted by molar-refractivity contribution is 6.35. The van der Waals surface area contributed by atoms with E-state index in [-0.39, 0.29) is 0 Å².